The van der Waals surface area contributed by atoms with Crippen molar-refractivity contribution in [2.24, 2.45) is 0 Å². The quantitative estimate of drug-likeness (QED) is 0.576. The van der Waals surface area contributed by atoms with E-state index in [4.69, 9.17) is 0 Å². The molecule has 1 aromatic rings. The highest BCUT2D eigenvalue weighted by Gasteiger charge is 2.29. The number of methoxy groups -OCH3 is 1. The van der Waals surface area contributed by atoms with E-state index in [-0.39, 0.29) is 5.56 Å². The predicted molar refractivity (Wildman–Crippen MR) is 47.1 cm³/mol. The highest BCUT2D eigenvalue weighted by molar-refractivity contribution is 5.52. The molecule has 15 heavy (non-hydrogen) atoms. The first-order valence-electron chi connectivity index (χ1n) is 3.95. The standard InChI is InChI=1S/C8H8F2N2O3/c1-4-3-11-8(15-2)6(12(13)14)5(4)7(9)10/h3,7H,1-2H3. The third kappa shape index (κ3) is 2.00. The molecule has 7 heteroatoms. The van der Waals surface area contributed by atoms with Crippen LogP contribution >= 0.6 is 0 Å². The van der Waals surface area contributed by atoms with E-state index in [2.05, 4.69) is 9.72 Å². The van der Waals surface area contributed by atoms with Crippen LogP contribution in [0.1, 0.15) is 17.6 Å². The van der Waals surface area contributed by atoms with Crippen molar-refractivity contribution < 1.29 is 18.4 Å². The van der Waals surface area contributed by atoms with Gasteiger partial charge in [0.2, 0.25) is 0 Å². The van der Waals surface area contributed by atoms with Crippen molar-refractivity contribution in [3.05, 3.63) is 27.4 Å². The van der Waals surface area contributed by atoms with E-state index in [1.807, 2.05) is 0 Å². The maximum absolute atomic E-state index is 12.6. The zero-order chi connectivity index (χ0) is 11.6. The van der Waals surface area contributed by atoms with Crippen molar-refractivity contribution >= 4 is 5.69 Å². The van der Waals surface area contributed by atoms with Crippen molar-refractivity contribution in [3.63, 3.8) is 0 Å². The molecule has 0 N–H and O–H groups in total. The summed E-state index contributed by atoms with van der Waals surface area (Å²) in [4.78, 5) is 13.3. The van der Waals surface area contributed by atoms with Crippen LogP contribution in [0, 0.1) is 17.0 Å². The molecule has 1 aromatic heterocycles. The van der Waals surface area contributed by atoms with Crippen LogP contribution in [0.15, 0.2) is 6.20 Å². The summed E-state index contributed by atoms with van der Waals surface area (Å²) < 4.78 is 29.7. The molecule has 1 rings (SSSR count). The summed E-state index contributed by atoms with van der Waals surface area (Å²) in [6, 6.07) is 0. The van der Waals surface area contributed by atoms with Crippen LogP contribution < -0.4 is 4.74 Å². The number of halogens is 2. The minimum absolute atomic E-state index is 0.0671. The van der Waals surface area contributed by atoms with Crippen molar-refractivity contribution in [2.75, 3.05) is 7.11 Å². The van der Waals surface area contributed by atoms with Gasteiger partial charge in [-0.25, -0.2) is 13.8 Å². The fourth-order valence-electron chi connectivity index (χ4n) is 1.19. The Kier molecular flexibility index (Phi) is 3.13. The van der Waals surface area contributed by atoms with Crippen LogP contribution in [-0.4, -0.2) is 17.0 Å². The van der Waals surface area contributed by atoms with Gasteiger partial charge < -0.3 is 4.74 Å². The second-order valence-electron chi connectivity index (χ2n) is 2.77. The van der Waals surface area contributed by atoms with Crippen LogP contribution in [0.3, 0.4) is 0 Å². The number of rotatable bonds is 3. The van der Waals surface area contributed by atoms with Crippen molar-refractivity contribution in [1.29, 1.82) is 0 Å². The van der Waals surface area contributed by atoms with Crippen LogP contribution in [-0.2, 0) is 0 Å². The number of hydrogen-bond donors (Lipinski definition) is 0. The number of nitro groups is 1. The Morgan fingerprint density at radius 2 is 2.20 bits per heavy atom. The molecule has 1 heterocycles. The molecule has 0 unspecified atom stereocenters. The summed E-state index contributed by atoms with van der Waals surface area (Å²) >= 11 is 0. The first-order valence-corrected chi connectivity index (χ1v) is 3.95. The smallest absolute Gasteiger partial charge is 0.340 e. The van der Waals surface area contributed by atoms with E-state index < -0.39 is 28.5 Å². The number of alkyl halides is 2. The second-order valence-corrected chi connectivity index (χ2v) is 2.77. The summed E-state index contributed by atoms with van der Waals surface area (Å²) in [7, 11) is 1.14. The summed E-state index contributed by atoms with van der Waals surface area (Å²) in [5, 5.41) is 10.6. The Labute approximate surface area is 83.8 Å². The predicted octanol–water partition coefficient (Wildman–Crippen LogP) is 2.24. The second kappa shape index (κ2) is 4.16. The van der Waals surface area contributed by atoms with Gasteiger partial charge in [0.25, 0.3) is 12.3 Å². The molecule has 0 saturated carbocycles. The molecular formula is C8H8F2N2O3. The first-order chi connectivity index (χ1) is 6.99. The van der Waals surface area contributed by atoms with Gasteiger partial charge in [-0.2, -0.15) is 0 Å². The third-order valence-corrected chi connectivity index (χ3v) is 1.85. The lowest BCUT2D eigenvalue weighted by molar-refractivity contribution is -0.387. The average Bonchev–Trinajstić information content (AvgIpc) is 2.16. The van der Waals surface area contributed by atoms with E-state index in [1.165, 1.54) is 6.92 Å². The first kappa shape index (κ1) is 11.3. The molecule has 0 fully saturated rings. The number of aromatic nitrogens is 1. The molecule has 0 aliphatic rings. The minimum atomic E-state index is -2.93. The van der Waals surface area contributed by atoms with Gasteiger partial charge in [0, 0.05) is 6.20 Å². The van der Waals surface area contributed by atoms with Gasteiger partial charge >= 0.3 is 5.69 Å². The molecule has 0 bridgehead atoms. The minimum Gasteiger partial charge on any atom is -0.476 e. The lowest BCUT2D eigenvalue weighted by Crippen LogP contribution is -2.03. The van der Waals surface area contributed by atoms with Crippen LogP contribution in [0.25, 0.3) is 0 Å². The molecule has 0 atom stereocenters. The number of hydrogen-bond acceptors (Lipinski definition) is 4. The fourth-order valence-corrected chi connectivity index (χ4v) is 1.19. The molecule has 5 nitrogen and oxygen atoms in total. The molecule has 0 aromatic carbocycles. The van der Waals surface area contributed by atoms with E-state index in [0.717, 1.165) is 13.3 Å². The lowest BCUT2D eigenvalue weighted by Gasteiger charge is -2.07. The third-order valence-electron chi connectivity index (χ3n) is 1.85. The van der Waals surface area contributed by atoms with Gasteiger partial charge in [0.05, 0.1) is 12.0 Å². The molecule has 0 aliphatic carbocycles. The normalized spacial score (nSPS) is 10.5. The zero-order valence-corrected chi connectivity index (χ0v) is 8.03. The lowest BCUT2D eigenvalue weighted by atomic mass is 10.1. The molecule has 0 spiro atoms. The van der Waals surface area contributed by atoms with E-state index in [0.29, 0.717) is 0 Å². The zero-order valence-electron chi connectivity index (χ0n) is 8.03. The summed E-state index contributed by atoms with van der Waals surface area (Å²) in [5.41, 5.74) is -1.35. The van der Waals surface area contributed by atoms with Gasteiger partial charge in [-0.3, -0.25) is 10.1 Å². The van der Waals surface area contributed by atoms with Gasteiger partial charge in [0.15, 0.2) is 0 Å². The average molecular weight is 218 g/mol. The number of aryl methyl sites for hydroxylation is 1. The summed E-state index contributed by atoms with van der Waals surface area (Å²) in [5.74, 6) is -0.402. The van der Waals surface area contributed by atoms with Crippen LogP contribution in [0.4, 0.5) is 14.5 Å². The Morgan fingerprint density at radius 1 is 1.60 bits per heavy atom. The summed E-state index contributed by atoms with van der Waals surface area (Å²) in [6.45, 7) is 1.33. The summed E-state index contributed by atoms with van der Waals surface area (Å²) in [6.07, 6.45) is -1.81. The number of nitrogens with zero attached hydrogens (tertiary/aromatic N) is 2. The SMILES string of the molecule is COc1ncc(C)c(C(F)F)c1[N+](=O)[O-]. The van der Waals surface area contributed by atoms with Gasteiger partial charge in [-0.05, 0) is 12.5 Å². The fraction of sp³-hybridized carbons (Fsp3) is 0.375. The molecular weight excluding hydrogens is 210 g/mol. The number of ether oxygens (including phenoxy) is 1. The molecule has 0 radical (unpaired) electrons. The Bertz CT molecular complexity index is 396. The van der Waals surface area contributed by atoms with E-state index in [1.54, 1.807) is 0 Å². The van der Waals surface area contributed by atoms with Crippen LogP contribution in [0.5, 0.6) is 5.88 Å². The molecule has 82 valence electrons. The van der Waals surface area contributed by atoms with Gasteiger partial charge in [0.1, 0.15) is 5.56 Å². The maximum Gasteiger partial charge on any atom is 0.340 e. The van der Waals surface area contributed by atoms with Crippen molar-refractivity contribution in [2.45, 2.75) is 13.3 Å². The maximum atomic E-state index is 12.6. The Balaban J connectivity index is 3.51. The molecule has 0 saturated heterocycles. The van der Waals surface area contributed by atoms with Crippen LogP contribution in [0.2, 0.25) is 0 Å². The van der Waals surface area contributed by atoms with Crippen molar-refractivity contribution in [3.8, 4) is 5.88 Å². The van der Waals surface area contributed by atoms with E-state index >= 15 is 0 Å². The van der Waals surface area contributed by atoms with Gasteiger partial charge in [-0.15, -0.1) is 0 Å². The largest absolute Gasteiger partial charge is 0.476 e. The number of pyridine rings is 1. The topological polar surface area (TPSA) is 65.3 Å². The Hall–Kier alpha value is -1.79. The van der Waals surface area contributed by atoms with E-state index in [9.17, 15) is 18.9 Å². The monoisotopic (exact) mass is 218 g/mol. The Morgan fingerprint density at radius 3 is 2.60 bits per heavy atom. The highest BCUT2D eigenvalue weighted by atomic mass is 19.3. The highest BCUT2D eigenvalue weighted by Crippen LogP contribution is 2.36. The van der Waals surface area contributed by atoms with Gasteiger partial charge in [-0.1, -0.05) is 0 Å². The molecule has 0 amide bonds. The molecule has 0 aliphatic heterocycles. The van der Waals surface area contributed by atoms with Crippen molar-refractivity contribution in [1.82, 2.24) is 4.98 Å².